The molecule has 0 aliphatic carbocycles. The average molecular weight is 130 g/mol. The molecule has 0 aromatic heterocycles. The number of rotatable bonds is 4. The van der Waals surface area contributed by atoms with Gasteiger partial charge >= 0.3 is 0 Å². The molecule has 0 unspecified atom stereocenters. The van der Waals surface area contributed by atoms with Crippen molar-refractivity contribution in [1.29, 1.82) is 0 Å². The first kappa shape index (κ1) is 7.03. The Morgan fingerprint density at radius 2 is 2.44 bits per heavy atom. The molecule has 0 spiro atoms. The van der Waals surface area contributed by atoms with E-state index in [1.54, 1.807) is 0 Å². The number of unbranched alkanes of at least 4 members (excludes halogenated alkanes) is 1. The van der Waals surface area contributed by atoms with Gasteiger partial charge in [0.2, 0.25) is 0 Å². The van der Waals surface area contributed by atoms with Gasteiger partial charge in [-0.1, -0.05) is 19.8 Å². The van der Waals surface area contributed by atoms with E-state index in [0.717, 1.165) is 25.9 Å². The zero-order valence-corrected chi connectivity index (χ0v) is 5.84. The maximum Gasteiger partial charge on any atom is 0.107 e. The summed E-state index contributed by atoms with van der Waals surface area (Å²) in [5.74, 6) is 0. The van der Waals surface area contributed by atoms with Crippen LogP contribution in [0.2, 0.25) is 0 Å². The van der Waals surface area contributed by atoms with Gasteiger partial charge in [0.1, 0.15) is 6.10 Å². The standard InChI is InChI=1S/C7H14O2/c1-2-3-4-6(8)7-5-9-7/h6-8H,2-5H2,1H3/t6-,7+/m1/s1. The van der Waals surface area contributed by atoms with E-state index in [2.05, 4.69) is 6.92 Å². The molecule has 2 atom stereocenters. The third-order valence-electron chi connectivity index (χ3n) is 1.64. The van der Waals surface area contributed by atoms with Gasteiger partial charge in [0.25, 0.3) is 0 Å². The smallest absolute Gasteiger partial charge is 0.107 e. The second-order valence-electron chi connectivity index (χ2n) is 2.58. The highest BCUT2D eigenvalue weighted by Gasteiger charge is 2.30. The third kappa shape index (κ3) is 2.33. The third-order valence-corrected chi connectivity index (χ3v) is 1.64. The molecule has 0 aromatic rings. The summed E-state index contributed by atoms with van der Waals surface area (Å²) in [4.78, 5) is 0. The van der Waals surface area contributed by atoms with Crippen LogP contribution in [-0.4, -0.2) is 23.9 Å². The summed E-state index contributed by atoms with van der Waals surface area (Å²) >= 11 is 0. The Bertz CT molecular complexity index is 79.0. The molecule has 0 radical (unpaired) electrons. The molecule has 0 saturated carbocycles. The van der Waals surface area contributed by atoms with Gasteiger partial charge in [-0.3, -0.25) is 0 Å². The summed E-state index contributed by atoms with van der Waals surface area (Å²) < 4.78 is 4.92. The van der Waals surface area contributed by atoms with Crippen molar-refractivity contribution in [2.45, 2.75) is 38.4 Å². The fraction of sp³-hybridized carbons (Fsp3) is 1.00. The molecular weight excluding hydrogens is 116 g/mol. The molecule has 9 heavy (non-hydrogen) atoms. The molecule has 0 aromatic carbocycles. The van der Waals surface area contributed by atoms with Crippen LogP contribution in [0, 0.1) is 0 Å². The molecule has 1 rings (SSSR count). The molecular formula is C7H14O2. The number of aliphatic hydroxyl groups is 1. The zero-order chi connectivity index (χ0) is 6.69. The van der Waals surface area contributed by atoms with Crippen LogP contribution in [-0.2, 0) is 4.74 Å². The fourth-order valence-electron chi connectivity index (χ4n) is 0.877. The Balaban J connectivity index is 1.96. The van der Waals surface area contributed by atoms with Gasteiger partial charge in [-0.05, 0) is 6.42 Å². The molecule has 54 valence electrons. The van der Waals surface area contributed by atoms with Gasteiger partial charge in [0, 0.05) is 0 Å². The highest BCUT2D eigenvalue weighted by molar-refractivity contribution is 4.77. The minimum atomic E-state index is -0.190. The summed E-state index contributed by atoms with van der Waals surface area (Å²) in [6, 6.07) is 0. The van der Waals surface area contributed by atoms with E-state index < -0.39 is 0 Å². The average Bonchev–Trinajstić information content (AvgIpc) is 2.63. The van der Waals surface area contributed by atoms with Crippen molar-refractivity contribution in [3.05, 3.63) is 0 Å². The largest absolute Gasteiger partial charge is 0.390 e. The predicted molar refractivity (Wildman–Crippen MR) is 35.3 cm³/mol. The van der Waals surface area contributed by atoms with Gasteiger partial charge < -0.3 is 9.84 Å². The zero-order valence-electron chi connectivity index (χ0n) is 5.84. The van der Waals surface area contributed by atoms with Gasteiger partial charge in [0.15, 0.2) is 0 Å². The number of ether oxygens (including phenoxy) is 1. The quantitative estimate of drug-likeness (QED) is 0.574. The highest BCUT2D eigenvalue weighted by Crippen LogP contribution is 2.17. The minimum Gasteiger partial charge on any atom is -0.390 e. The Morgan fingerprint density at radius 3 is 2.89 bits per heavy atom. The van der Waals surface area contributed by atoms with E-state index >= 15 is 0 Å². The number of aliphatic hydroxyl groups excluding tert-OH is 1. The van der Waals surface area contributed by atoms with Crippen LogP contribution in [0.3, 0.4) is 0 Å². The van der Waals surface area contributed by atoms with Crippen LogP contribution in [0.15, 0.2) is 0 Å². The first-order chi connectivity index (χ1) is 4.34. The molecule has 0 amide bonds. The lowest BCUT2D eigenvalue weighted by Gasteiger charge is -2.03. The van der Waals surface area contributed by atoms with Crippen LogP contribution in [0.5, 0.6) is 0 Å². The lowest BCUT2D eigenvalue weighted by atomic mass is 10.1. The van der Waals surface area contributed by atoms with E-state index in [4.69, 9.17) is 4.74 Å². The van der Waals surface area contributed by atoms with Crippen molar-refractivity contribution in [2.24, 2.45) is 0 Å². The molecule has 1 saturated heterocycles. The van der Waals surface area contributed by atoms with Gasteiger partial charge in [-0.2, -0.15) is 0 Å². The van der Waals surface area contributed by atoms with Crippen molar-refractivity contribution < 1.29 is 9.84 Å². The van der Waals surface area contributed by atoms with E-state index in [-0.39, 0.29) is 12.2 Å². The summed E-state index contributed by atoms with van der Waals surface area (Å²) in [5, 5.41) is 9.20. The number of hydrogen-bond donors (Lipinski definition) is 1. The van der Waals surface area contributed by atoms with Crippen LogP contribution < -0.4 is 0 Å². The second kappa shape index (κ2) is 3.18. The monoisotopic (exact) mass is 130 g/mol. The van der Waals surface area contributed by atoms with E-state index in [9.17, 15) is 5.11 Å². The summed E-state index contributed by atoms with van der Waals surface area (Å²) in [6.45, 7) is 2.89. The summed E-state index contributed by atoms with van der Waals surface area (Å²) in [7, 11) is 0. The van der Waals surface area contributed by atoms with Gasteiger partial charge in [0.05, 0.1) is 12.7 Å². The van der Waals surface area contributed by atoms with Crippen LogP contribution >= 0.6 is 0 Å². The van der Waals surface area contributed by atoms with Crippen molar-refractivity contribution >= 4 is 0 Å². The van der Waals surface area contributed by atoms with Crippen molar-refractivity contribution in [2.75, 3.05) is 6.61 Å². The van der Waals surface area contributed by atoms with Crippen molar-refractivity contribution in [3.8, 4) is 0 Å². The molecule has 2 heteroatoms. The van der Waals surface area contributed by atoms with E-state index in [1.807, 2.05) is 0 Å². The van der Waals surface area contributed by atoms with Crippen LogP contribution in [0.25, 0.3) is 0 Å². The van der Waals surface area contributed by atoms with Crippen molar-refractivity contribution in [3.63, 3.8) is 0 Å². The maximum absolute atomic E-state index is 9.20. The highest BCUT2D eigenvalue weighted by atomic mass is 16.6. The van der Waals surface area contributed by atoms with E-state index in [1.165, 1.54) is 0 Å². The Kier molecular flexibility index (Phi) is 2.49. The Labute approximate surface area is 55.8 Å². The Morgan fingerprint density at radius 1 is 1.78 bits per heavy atom. The maximum atomic E-state index is 9.20. The minimum absolute atomic E-state index is 0.177. The molecule has 0 bridgehead atoms. The van der Waals surface area contributed by atoms with Crippen molar-refractivity contribution in [1.82, 2.24) is 0 Å². The van der Waals surface area contributed by atoms with Gasteiger partial charge in [-0.25, -0.2) is 0 Å². The summed E-state index contributed by atoms with van der Waals surface area (Å²) in [5.41, 5.74) is 0. The number of hydrogen-bond acceptors (Lipinski definition) is 2. The number of epoxide rings is 1. The molecule has 1 heterocycles. The summed E-state index contributed by atoms with van der Waals surface area (Å²) in [6.07, 6.45) is 3.16. The lowest BCUT2D eigenvalue weighted by Crippen LogP contribution is -2.13. The molecule has 2 nitrogen and oxygen atoms in total. The molecule has 1 N–H and O–H groups in total. The van der Waals surface area contributed by atoms with E-state index in [0.29, 0.717) is 0 Å². The molecule has 1 aliphatic rings. The normalized spacial score (nSPS) is 28.0. The van der Waals surface area contributed by atoms with Crippen LogP contribution in [0.4, 0.5) is 0 Å². The first-order valence-corrected chi connectivity index (χ1v) is 3.64. The van der Waals surface area contributed by atoms with Crippen LogP contribution in [0.1, 0.15) is 26.2 Å². The molecule has 1 fully saturated rings. The SMILES string of the molecule is CCCC[C@@H](O)[C@@H]1CO1. The first-order valence-electron chi connectivity index (χ1n) is 3.64. The lowest BCUT2D eigenvalue weighted by molar-refractivity contribution is 0.124. The van der Waals surface area contributed by atoms with Gasteiger partial charge in [-0.15, -0.1) is 0 Å². The second-order valence-corrected chi connectivity index (χ2v) is 2.58. The molecule has 1 aliphatic heterocycles. The Hall–Kier alpha value is -0.0800. The topological polar surface area (TPSA) is 32.8 Å². The predicted octanol–water partition coefficient (Wildman–Crippen LogP) is 0.936. The fourth-order valence-corrected chi connectivity index (χ4v) is 0.877.